The minimum atomic E-state index is 0. The van der Waals surface area contributed by atoms with Crippen molar-refractivity contribution >= 4 is 47.2 Å². The maximum atomic E-state index is 6.28. The molecule has 0 aromatic heterocycles. The van der Waals surface area contributed by atoms with E-state index in [-0.39, 0.29) is 24.0 Å². The van der Waals surface area contributed by atoms with Crippen LogP contribution >= 0.6 is 35.6 Å². The van der Waals surface area contributed by atoms with Crippen LogP contribution in [0.5, 0.6) is 23.0 Å². The molecule has 3 rings (SSSR count). The molecule has 9 heteroatoms. The third-order valence-electron chi connectivity index (χ3n) is 3.99. The van der Waals surface area contributed by atoms with Crippen molar-refractivity contribution < 1.29 is 18.9 Å². The van der Waals surface area contributed by atoms with E-state index in [2.05, 4.69) is 15.6 Å². The number of anilines is 1. The lowest BCUT2D eigenvalue weighted by Crippen LogP contribution is -2.30. The van der Waals surface area contributed by atoms with Gasteiger partial charge in [0.1, 0.15) is 13.2 Å². The number of rotatable bonds is 5. The van der Waals surface area contributed by atoms with Gasteiger partial charge in [-0.15, -0.1) is 24.0 Å². The van der Waals surface area contributed by atoms with Crippen molar-refractivity contribution in [1.82, 2.24) is 5.32 Å². The zero-order valence-electron chi connectivity index (χ0n) is 15.9. The SMILES string of the molecule is CN=C(NCc1cc(Cl)c2c(c1)OCCO2)Nc1ccc(OC)c(OC)c1.I. The van der Waals surface area contributed by atoms with Crippen LogP contribution in [0, 0.1) is 0 Å². The molecule has 0 saturated heterocycles. The first-order valence-electron chi connectivity index (χ1n) is 8.42. The second-order valence-electron chi connectivity index (χ2n) is 5.72. The number of nitrogens with zero attached hydrogens (tertiary/aromatic N) is 1. The van der Waals surface area contributed by atoms with Crippen molar-refractivity contribution in [2.75, 3.05) is 39.8 Å². The molecule has 2 N–H and O–H groups in total. The molecule has 7 nitrogen and oxygen atoms in total. The Bertz CT molecular complexity index is 848. The lowest BCUT2D eigenvalue weighted by Gasteiger charge is -2.20. The first-order valence-corrected chi connectivity index (χ1v) is 8.80. The molecule has 0 unspecified atom stereocenters. The summed E-state index contributed by atoms with van der Waals surface area (Å²) in [5.74, 6) is 3.16. The van der Waals surface area contributed by atoms with Gasteiger partial charge < -0.3 is 29.6 Å². The maximum absolute atomic E-state index is 6.28. The first-order chi connectivity index (χ1) is 13.1. The highest BCUT2D eigenvalue weighted by Gasteiger charge is 2.16. The van der Waals surface area contributed by atoms with Gasteiger partial charge in [-0.3, -0.25) is 4.99 Å². The third kappa shape index (κ3) is 5.26. The van der Waals surface area contributed by atoms with Crippen molar-refractivity contribution in [3.8, 4) is 23.0 Å². The zero-order valence-corrected chi connectivity index (χ0v) is 19.0. The van der Waals surface area contributed by atoms with E-state index >= 15 is 0 Å². The summed E-state index contributed by atoms with van der Waals surface area (Å²) < 4.78 is 21.7. The number of aliphatic imine (C=N–C) groups is 1. The van der Waals surface area contributed by atoms with Gasteiger partial charge in [-0.25, -0.2) is 0 Å². The number of methoxy groups -OCH3 is 2. The van der Waals surface area contributed by atoms with E-state index < -0.39 is 0 Å². The summed E-state index contributed by atoms with van der Waals surface area (Å²) in [6, 6.07) is 9.32. The molecule has 0 saturated carbocycles. The van der Waals surface area contributed by atoms with Crippen LogP contribution in [0.25, 0.3) is 0 Å². The predicted molar refractivity (Wildman–Crippen MR) is 121 cm³/mol. The number of ether oxygens (including phenoxy) is 4. The number of fused-ring (bicyclic) bond motifs is 1. The molecule has 0 amide bonds. The number of nitrogens with one attached hydrogen (secondary N) is 2. The summed E-state index contributed by atoms with van der Waals surface area (Å²) in [4.78, 5) is 4.24. The van der Waals surface area contributed by atoms with Crippen molar-refractivity contribution in [2.24, 2.45) is 4.99 Å². The van der Waals surface area contributed by atoms with Gasteiger partial charge in [0, 0.05) is 25.3 Å². The van der Waals surface area contributed by atoms with Gasteiger partial charge in [-0.05, 0) is 29.8 Å². The van der Waals surface area contributed by atoms with Gasteiger partial charge in [0.05, 0.1) is 19.2 Å². The van der Waals surface area contributed by atoms with Crippen LogP contribution in [-0.4, -0.2) is 40.4 Å². The lowest BCUT2D eigenvalue weighted by atomic mass is 10.2. The highest BCUT2D eigenvalue weighted by atomic mass is 127. The van der Waals surface area contributed by atoms with Gasteiger partial charge in [-0.2, -0.15) is 0 Å². The minimum absolute atomic E-state index is 0. The fourth-order valence-corrected chi connectivity index (χ4v) is 2.97. The van der Waals surface area contributed by atoms with E-state index in [9.17, 15) is 0 Å². The molecule has 28 heavy (non-hydrogen) atoms. The van der Waals surface area contributed by atoms with E-state index in [1.165, 1.54) is 0 Å². The normalized spacial score (nSPS) is 12.6. The Labute approximate surface area is 186 Å². The monoisotopic (exact) mass is 519 g/mol. The maximum Gasteiger partial charge on any atom is 0.195 e. The average Bonchev–Trinajstić information content (AvgIpc) is 2.71. The average molecular weight is 520 g/mol. The first kappa shape index (κ1) is 22.2. The molecule has 2 aromatic rings. The molecule has 1 aliphatic rings. The van der Waals surface area contributed by atoms with E-state index in [0.717, 1.165) is 11.3 Å². The molecule has 0 aliphatic carbocycles. The number of benzene rings is 2. The Morgan fingerprint density at radius 2 is 1.86 bits per heavy atom. The molecular formula is C19H23ClIN3O4. The third-order valence-corrected chi connectivity index (χ3v) is 4.27. The summed E-state index contributed by atoms with van der Waals surface area (Å²) in [5, 5.41) is 7.00. The van der Waals surface area contributed by atoms with E-state index in [0.29, 0.717) is 53.7 Å². The summed E-state index contributed by atoms with van der Waals surface area (Å²) in [6.07, 6.45) is 0. The summed E-state index contributed by atoms with van der Waals surface area (Å²) >= 11 is 6.28. The Hall–Kier alpha value is -2.07. The van der Waals surface area contributed by atoms with Crippen molar-refractivity contribution in [2.45, 2.75) is 6.54 Å². The molecule has 0 atom stereocenters. The molecule has 1 aliphatic heterocycles. The van der Waals surface area contributed by atoms with E-state index in [1.807, 2.05) is 30.3 Å². The molecule has 0 fully saturated rings. The fraction of sp³-hybridized carbons (Fsp3) is 0.316. The highest BCUT2D eigenvalue weighted by molar-refractivity contribution is 14.0. The van der Waals surface area contributed by atoms with Crippen LogP contribution in [-0.2, 0) is 6.54 Å². The Kier molecular flexibility index (Phi) is 8.31. The Morgan fingerprint density at radius 1 is 1.11 bits per heavy atom. The Balaban J connectivity index is 0.00000280. The van der Waals surface area contributed by atoms with Crippen LogP contribution in [0.1, 0.15) is 5.56 Å². The van der Waals surface area contributed by atoms with Gasteiger partial charge in [0.2, 0.25) is 0 Å². The van der Waals surface area contributed by atoms with E-state index in [4.69, 9.17) is 30.5 Å². The van der Waals surface area contributed by atoms with Crippen molar-refractivity contribution in [3.63, 3.8) is 0 Å². The predicted octanol–water partition coefficient (Wildman–Crippen LogP) is 3.93. The summed E-state index contributed by atoms with van der Waals surface area (Å²) in [7, 11) is 4.90. The van der Waals surface area contributed by atoms with Crippen LogP contribution in [0.15, 0.2) is 35.3 Å². The topological polar surface area (TPSA) is 73.3 Å². The summed E-state index contributed by atoms with van der Waals surface area (Å²) in [6.45, 7) is 1.54. The number of hydrogen-bond acceptors (Lipinski definition) is 5. The highest BCUT2D eigenvalue weighted by Crippen LogP contribution is 2.38. The quantitative estimate of drug-likeness (QED) is 0.354. The molecule has 0 radical (unpaired) electrons. The van der Waals surface area contributed by atoms with Crippen LogP contribution in [0.4, 0.5) is 5.69 Å². The molecule has 0 bridgehead atoms. The largest absolute Gasteiger partial charge is 0.493 e. The fourth-order valence-electron chi connectivity index (χ4n) is 2.68. The molecule has 1 heterocycles. The number of hydrogen-bond donors (Lipinski definition) is 2. The minimum Gasteiger partial charge on any atom is -0.493 e. The lowest BCUT2D eigenvalue weighted by molar-refractivity contribution is 0.171. The second-order valence-corrected chi connectivity index (χ2v) is 6.13. The smallest absolute Gasteiger partial charge is 0.195 e. The summed E-state index contributed by atoms with van der Waals surface area (Å²) in [5.41, 5.74) is 1.78. The molecule has 0 spiro atoms. The zero-order chi connectivity index (χ0) is 19.2. The standard InChI is InChI=1S/C19H22ClN3O4.HI/c1-21-19(23-13-4-5-15(24-2)16(10-13)25-3)22-11-12-8-14(20)18-17(9-12)26-6-7-27-18;/h4-5,8-10H,6-7,11H2,1-3H3,(H2,21,22,23);1H. The number of halogens is 2. The van der Waals surface area contributed by atoms with Gasteiger partial charge >= 0.3 is 0 Å². The molecule has 152 valence electrons. The van der Waals surface area contributed by atoms with Crippen LogP contribution in [0.2, 0.25) is 5.02 Å². The molecule has 2 aromatic carbocycles. The molecular weight excluding hydrogens is 497 g/mol. The number of guanidine groups is 1. The second kappa shape index (κ2) is 10.5. The van der Waals surface area contributed by atoms with Crippen molar-refractivity contribution in [3.05, 3.63) is 40.9 Å². The van der Waals surface area contributed by atoms with Crippen molar-refractivity contribution in [1.29, 1.82) is 0 Å². The van der Waals surface area contributed by atoms with Gasteiger partial charge in [0.15, 0.2) is 29.0 Å². The van der Waals surface area contributed by atoms with E-state index in [1.54, 1.807) is 21.3 Å². The van der Waals surface area contributed by atoms with Crippen LogP contribution in [0.3, 0.4) is 0 Å². The van der Waals surface area contributed by atoms with Gasteiger partial charge in [-0.1, -0.05) is 11.6 Å². The Morgan fingerprint density at radius 3 is 2.57 bits per heavy atom. The van der Waals surface area contributed by atoms with Gasteiger partial charge in [0.25, 0.3) is 0 Å². The van der Waals surface area contributed by atoms with Crippen LogP contribution < -0.4 is 29.6 Å².